The molecule has 104 valence electrons. The van der Waals surface area contributed by atoms with E-state index in [2.05, 4.69) is 15.1 Å². The Hall–Kier alpha value is -1.73. The van der Waals surface area contributed by atoms with Gasteiger partial charge < -0.3 is 9.63 Å². The first-order valence-corrected chi connectivity index (χ1v) is 7.42. The van der Waals surface area contributed by atoms with Crippen LogP contribution in [0.25, 0.3) is 16.5 Å². The lowest BCUT2D eigenvalue weighted by Crippen LogP contribution is -1.99. The molecule has 0 radical (unpaired) electrons. The standard InChI is InChI=1S/C13H14N4O2S/c1-6-5-17-9(7(2)14-13(17)20-6)11-15-12(19-16-11)10(18)8-3-4-8/h5,8,10,18H,3-4H2,1-2H3. The number of fused-ring (bicyclic) bond motifs is 1. The number of hydrogen-bond donors (Lipinski definition) is 1. The summed E-state index contributed by atoms with van der Waals surface area (Å²) < 4.78 is 7.19. The summed E-state index contributed by atoms with van der Waals surface area (Å²) in [6.07, 6.45) is 3.43. The van der Waals surface area contributed by atoms with Gasteiger partial charge in [-0.3, -0.25) is 4.40 Å². The molecule has 0 bridgehead atoms. The predicted molar refractivity (Wildman–Crippen MR) is 73.5 cm³/mol. The molecule has 1 aliphatic rings. The minimum atomic E-state index is -0.635. The van der Waals surface area contributed by atoms with Crippen molar-refractivity contribution in [2.24, 2.45) is 5.92 Å². The number of nitrogens with zero attached hydrogens (tertiary/aromatic N) is 4. The van der Waals surface area contributed by atoms with Crippen LogP contribution >= 0.6 is 11.3 Å². The zero-order chi connectivity index (χ0) is 13.9. The molecule has 3 aromatic heterocycles. The van der Waals surface area contributed by atoms with Gasteiger partial charge in [0.15, 0.2) is 4.96 Å². The first kappa shape index (κ1) is 12.0. The van der Waals surface area contributed by atoms with Gasteiger partial charge in [-0.2, -0.15) is 4.98 Å². The molecular formula is C13H14N4O2S. The fourth-order valence-corrected chi connectivity index (χ4v) is 3.27. The van der Waals surface area contributed by atoms with Crippen LogP contribution in [0.2, 0.25) is 0 Å². The van der Waals surface area contributed by atoms with E-state index in [1.54, 1.807) is 11.3 Å². The van der Waals surface area contributed by atoms with Crippen molar-refractivity contribution in [3.05, 3.63) is 22.7 Å². The smallest absolute Gasteiger partial charge is 0.256 e. The zero-order valence-electron chi connectivity index (χ0n) is 11.2. The normalized spacial score (nSPS) is 16.9. The fourth-order valence-electron chi connectivity index (χ4n) is 2.40. The van der Waals surface area contributed by atoms with Crippen LogP contribution in [0.1, 0.15) is 35.4 Å². The first-order valence-electron chi connectivity index (χ1n) is 6.60. The number of aromatic nitrogens is 4. The number of aliphatic hydroxyl groups is 1. The summed E-state index contributed by atoms with van der Waals surface area (Å²) in [7, 11) is 0. The highest BCUT2D eigenvalue weighted by molar-refractivity contribution is 7.17. The Kier molecular flexibility index (Phi) is 2.49. The molecule has 3 aromatic rings. The van der Waals surface area contributed by atoms with Crippen molar-refractivity contribution in [2.45, 2.75) is 32.8 Å². The molecule has 6 nitrogen and oxygen atoms in total. The Morgan fingerprint density at radius 2 is 2.20 bits per heavy atom. The van der Waals surface area contributed by atoms with Gasteiger partial charge in [0.1, 0.15) is 11.8 Å². The Morgan fingerprint density at radius 3 is 2.95 bits per heavy atom. The third kappa shape index (κ3) is 1.77. The van der Waals surface area contributed by atoms with Crippen molar-refractivity contribution < 1.29 is 9.63 Å². The molecule has 0 amide bonds. The van der Waals surface area contributed by atoms with Crippen LogP contribution in [0, 0.1) is 19.8 Å². The summed E-state index contributed by atoms with van der Waals surface area (Å²) in [4.78, 5) is 11.0. The molecule has 1 unspecified atom stereocenters. The molecule has 0 spiro atoms. The Balaban J connectivity index is 1.80. The van der Waals surface area contributed by atoms with Crippen LogP contribution < -0.4 is 0 Å². The van der Waals surface area contributed by atoms with Gasteiger partial charge in [-0.1, -0.05) is 5.16 Å². The molecule has 1 saturated carbocycles. The van der Waals surface area contributed by atoms with E-state index in [-0.39, 0.29) is 5.92 Å². The maximum Gasteiger partial charge on any atom is 0.256 e. The molecule has 0 aliphatic heterocycles. The molecular weight excluding hydrogens is 276 g/mol. The van der Waals surface area contributed by atoms with Crippen molar-refractivity contribution in [3.8, 4) is 11.5 Å². The van der Waals surface area contributed by atoms with Crippen molar-refractivity contribution in [1.29, 1.82) is 0 Å². The van der Waals surface area contributed by atoms with Crippen LogP contribution in [-0.2, 0) is 0 Å². The topological polar surface area (TPSA) is 76.5 Å². The number of hydrogen-bond acceptors (Lipinski definition) is 6. The molecule has 0 saturated heterocycles. The second-order valence-electron chi connectivity index (χ2n) is 5.28. The van der Waals surface area contributed by atoms with Crippen LogP contribution in [0.15, 0.2) is 10.7 Å². The van der Waals surface area contributed by atoms with Crippen molar-refractivity contribution in [3.63, 3.8) is 0 Å². The molecule has 1 N–H and O–H groups in total. The number of aliphatic hydroxyl groups excluding tert-OH is 1. The quantitative estimate of drug-likeness (QED) is 0.802. The first-order chi connectivity index (χ1) is 9.63. The highest BCUT2D eigenvalue weighted by Gasteiger charge is 2.35. The molecule has 20 heavy (non-hydrogen) atoms. The predicted octanol–water partition coefficient (Wildman–Crippen LogP) is 2.51. The van der Waals surface area contributed by atoms with Crippen molar-refractivity contribution >= 4 is 16.3 Å². The van der Waals surface area contributed by atoms with E-state index in [1.165, 1.54) is 4.88 Å². The molecule has 7 heteroatoms. The van der Waals surface area contributed by atoms with E-state index in [4.69, 9.17) is 4.52 Å². The van der Waals surface area contributed by atoms with Gasteiger partial charge in [-0.05, 0) is 32.6 Å². The maximum absolute atomic E-state index is 10.0. The van der Waals surface area contributed by atoms with Crippen molar-refractivity contribution in [1.82, 2.24) is 19.5 Å². The van der Waals surface area contributed by atoms with Gasteiger partial charge >= 0.3 is 0 Å². The lowest BCUT2D eigenvalue weighted by molar-refractivity contribution is 0.112. The summed E-state index contributed by atoms with van der Waals surface area (Å²) >= 11 is 1.63. The second kappa shape index (κ2) is 4.13. The molecule has 1 aliphatic carbocycles. The SMILES string of the molecule is Cc1cn2c(-c3noc(C(O)C4CC4)n3)c(C)nc2s1. The number of aryl methyl sites for hydroxylation is 2. The largest absolute Gasteiger partial charge is 0.383 e. The maximum atomic E-state index is 10.0. The third-order valence-electron chi connectivity index (χ3n) is 3.59. The van der Waals surface area contributed by atoms with E-state index < -0.39 is 6.10 Å². The lowest BCUT2D eigenvalue weighted by Gasteiger charge is -2.00. The number of imidazole rings is 1. The molecule has 0 aromatic carbocycles. The van der Waals surface area contributed by atoms with Crippen LogP contribution in [0.5, 0.6) is 0 Å². The summed E-state index contributed by atoms with van der Waals surface area (Å²) in [5.74, 6) is 1.07. The monoisotopic (exact) mass is 290 g/mol. The van der Waals surface area contributed by atoms with E-state index in [0.29, 0.717) is 11.7 Å². The zero-order valence-corrected chi connectivity index (χ0v) is 12.0. The average molecular weight is 290 g/mol. The van der Waals surface area contributed by atoms with E-state index in [9.17, 15) is 5.11 Å². The summed E-state index contributed by atoms with van der Waals surface area (Å²) in [5.41, 5.74) is 1.70. The highest BCUT2D eigenvalue weighted by atomic mass is 32.1. The molecule has 1 fully saturated rings. The molecule has 1 atom stereocenters. The summed E-state index contributed by atoms with van der Waals surface area (Å²) in [6, 6.07) is 0. The van der Waals surface area contributed by atoms with Gasteiger partial charge in [0.25, 0.3) is 5.89 Å². The Labute approximate surface area is 119 Å². The minimum Gasteiger partial charge on any atom is -0.383 e. The Bertz CT molecular complexity index is 784. The van der Waals surface area contributed by atoms with E-state index >= 15 is 0 Å². The van der Waals surface area contributed by atoms with Gasteiger partial charge in [0.2, 0.25) is 5.82 Å². The van der Waals surface area contributed by atoms with Crippen molar-refractivity contribution in [2.75, 3.05) is 0 Å². The third-order valence-corrected chi connectivity index (χ3v) is 4.49. The number of thiazole rings is 1. The Morgan fingerprint density at radius 1 is 1.40 bits per heavy atom. The average Bonchev–Trinajstić information content (AvgIpc) is 2.94. The molecule has 4 rings (SSSR count). The fraction of sp³-hybridized carbons (Fsp3) is 0.462. The highest BCUT2D eigenvalue weighted by Crippen LogP contribution is 2.40. The van der Waals surface area contributed by atoms with E-state index in [1.807, 2.05) is 24.4 Å². The van der Waals surface area contributed by atoms with Gasteiger partial charge in [-0.25, -0.2) is 4.98 Å². The van der Waals surface area contributed by atoms with Crippen LogP contribution in [0.3, 0.4) is 0 Å². The second-order valence-corrected chi connectivity index (χ2v) is 6.49. The van der Waals surface area contributed by atoms with Gasteiger partial charge in [0.05, 0.1) is 5.69 Å². The van der Waals surface area contributed by atoms with E-state index in [0.717, 1.165) is 29.2 Å². The lowest BCUT2D eigenvalue weighted by atomic mass is 10.2. The van der Waals surface area contributed by atoms with Gasteiger partial charge in [0, 0.05) is 11.1 Å². The van der Waals surface area contributed by atoms with Gasteiger partial charge in [-0.15, -0.1) is 11.3 Å². The minimum absolute atomic E-state index is 0.276. The molecule has 3 heterocycles. The summed E-state index contributed by atoms with van der Waals surface area (Å²) in [6.45, 7) is 3.97. The van der Waals surface area contributed by atoms with Crippen LogP contribution in [0.4, 0.5) is 0 Å². The van der Waals surface area contributed by atoms with Crippen LogP contribution in [-0.4, -0.2) is 24.6 Å². The number of rotatable bonds is 3. The summed E-state index contributed by atoms with van der Waals surface area (Å²) in [5, 5.41) is 14.0.